The zero-order chi connectivity index (χ0) is 22.1. The van der Waals surface area contributed by atoms with Gasteiger partial charge in [0.15, 0.2) is 5.11 Å². The number of anilines is 2. The Morgan fingerprint density at radius 1 is 0.844 bits per heavy atom. The van der Waals surface area contributed by atoms with Gasteiger partial charge in [-0.2, -0.15) is 0 Å². The first-order chi connectivity index (χ1) is 15.6. The zero-order valence-corrected chi connectivity index (χ0v) is 18.9. The SMILES string of the molecule is CN(C)c1ccc(-n2cccc2[C@@H]2[C@@H](c3ccccn3)NC(=S)N2c2ccccc2)cc1. The molecular formula is C26H25N5S. The normalized spacial score (nSPS) is 17.9. The highest BCUT2D eigenvalue weighted by Gasteiger charge is 2.42. The van der Waals surface area contributed by atoms with E-state index in [1.165, 1.54) is 5.69 Å². The van der Waals surface area contributed by atoms with E-state index in [4.69, 9.17) is 12.2 Å². The average molecular weight is 440 g/mol. The number of hydrogen-bond acceptors (Lipinski definition) is 3. The molecule has 2 aromatic carbocycles. The maximum atomic E-state index is 5.83. The van der Waals surface area contributed by atoms with Gasteiger partial charge in [-0.3, -0.25) is 4.98 Å². The highest BCUT2D eigenvalue weighted by molar-refractivity contribution is 7.80. The summed E-state index contributed by atoms with van der Waals surface area (Å²) in [7, 11) is 4.10. The van der Waals surface area contributed by atoms with Crippen LogP contribution in [-0.4, -0.2) is 28.8 Å². The van der Waals surface area contributed by atoms with Crippen molar-refractivity contribution in [1.29, 1.82) is 0 Å². The molecule has 2 atom stereocenters. The number of nitrogens with zero attached hydrogens (tertiary/aromatic N) is 4. The number of para-hydroxylation sites is 1. The van der Waals surface area contributed by atoms with Gasteiger partial charge in [0.05, 0.1) is 11.7 Å². The van der Waals surface area contributed by atoms with Crippen LogP contribution in [0.3, 0.4) is 0 Å². The van der Waals surface area contributed by atoms with Gasteiger partial charge in [-0.1, -0.05) is 24.3 Å². The van der Waals surface area contributed by atoms with Crippen LogP contribution in [0.4, 0.5) is 11.4 Å². The van der Waals surface area contributed by atoms with Gasteiger partial charge in [0.1, 0.15) is 6.04 Å². The Morgan fingerprint density at radius 2 is 1.59 bits per heavy atom. The Bertz CT molecular complexity index is 1200. The molecular weight excluding hydrogens is 414 g/mol. The fourth-order valence-electron chi connectivity index (χ4n) is 4.30. The second-order valence-corrected chi connectivity index (χ2v) is 8.43. The fourth-order valence-corrected chi connectivity index (χ4v) is 4.65. The number of rotatable bonds is 5. The van der Waals surface area contributed by atoms with Crippen LogP contribution < -0.4 is 15.1 Å². The Morgan fingerprint density at radius 3 is 2.28 bits per heavy atom. The van der Waals surface area contributed by atoms with E-state index < -0.39 is 0 Å². The smallest absolute Gasteiger partial charge is 0.174 e. The summed E-state index contributed by atoms with van der Waals surface area (Å²) in [5.74, 6) is 0. The van der Waals surface area contributed by atoms with E-state index in [1.54, 1.807) is 0 Å². The summed E-state index contributed by atoms with van der Waals surface area (Å²) in [6, 6.07) is 29.1. The predicted molar refractivity (Wildman–Crippen MR) is 134 cm³/mol. The first-order valence-electron chi connectivity index (χ1n) is 10.6. The molecule has 0 bridgehead atoms. The molecule has 32 heavy (non-hydrogen) atoms. The lowest BCUT2D eigenvalue weighted by Crippen LogP contribution is -2.30. The second kappa shape index (κ2) is 8.48. The van der Waals surface area contributed by atoms with Gasteiger partial charge < -0.3 is 19.7 Å². The molecule has 0 spiro atoms. The minimum atomic E-state index is -0.0707. The molecule has 4 aromatic rings. The molecule has 0 saturated carbocycles. The maximum absolute atomic E-state index is 5.83. The summed E-state index contributed by atoms with van der Waals surface area (Å²) >= 11 is 5.83. The molecule has 1 fully saturated rings. The quantitative estimate of drug-likeness (QED) is 0.437. The molecule has 0 radical (unpaired) electrons. The van der Waals surface area contributed by atoms with E-state index in [0.29, 0.717) is 5.11 Å². The van der Waals surface area contributed by atoms with Crippen LogP contribution in [0.15, 0.2) is 97.3 Å². The van der Waals surface area contributed by atoms with Gasteiger partial charge in [-0.15, -0.1) is 0 Å². The minimum absolute atomic E-state index is 0.0525. The highest BCUT2D eigenvalue weighted by atomic mass is 32.1. The number of nitrogens with one attached hydrogen (secondary N) is 1. The Labute approximate surface area is 193 Å². The number of benzene rings is 2. The fraction of sp³-hybridized carbons (Fsp3) is 0.154. The van der Waals surface area contributed by atoms with Gasteiger partial charge in [0.25, 0.3) is 0 Å². The van der Waals surface area contributed by atoms with Gasteiger partial charge in [-0.25, -0.2) is 0 Å². The first-order valence-corrected chi connectivity index (χ1v) is 11.0. The van der Waals surface area contributed by atoms with Crippen molar-refractivity contribution in [2.45, 2.75) is 12.1 Å². The molecule has 3 heterocycles. The third-order valence-corrected chi connectivity index (χ3v) is 6.17. The topological polar surface area (TPSA) is 36.3 Å². The largest absolute Gasteiger partial charge is 0.378 e. The molecule has 0 unspecified atom stereocenters. The van der Waals surface area contributed by atoms with Crippen molar-refractivity contribution in [3.05, 3.63) is 109 Å². The molecule has 160 valence electrons. The molecule has 5 rings (SSSR count). The van der Waals surface area contributed by atoms with Crippen molar-refractivity contribution >= 4 is 28.7 Å². The van der Waals surface area contributed by atoms with E-state index >= 15 is 0 Å². The summed E-state index contributed by atoms with van der Waals surface area (Å²) < 4.78 is 2.24. The van der Waals surface area contributed by atoms with Crippen molar-refractivity contribution in [2.24, 2.45) is 0 Å². The van der Waals surface area contributed by atoms with Gasteiger partial charge >= 0.3 is 0 Å². The van der Waals surface area contributed by atoms with Crippen LogP contribution in [0.25, 0.3) is 5.69 Å². The number of hydrogen-bond donors (Lipinski definition) is 1. The summed E-state index contributed by atoms with van der Waals surface area (Å²) in [4.78, 5) is 8.96. The van der Waals surface area contributed by atoms with Crippen LogP contribution in [0, 0.1) is 0 Å². The van der Waals surface area contributed by atoms with E-state index in [2.05, 4.69) is 99.6 Å². The van der Waals surface area contributed by atoms with Crippen molar-refractivity contribution < 1.29 is 0 Å². The van der Waals surface area contributed by atoms with Crippen LogP contribution in [-0.2, 0) is 0 Å². The van der Waals surface area contributed by atoms with Crippen molar-refractivity contribution in [3.8, 4) is 5.69 Å². The third-order valence-electron chi connectivity index (χ3n) is 5.86. The minimum Gasteiger partial charge on any atom is -0.378 e. The second-order valence-electron chi connectivity index (χ2n) is 8.05. The number of thiocarbonyl (C=S) groups is 1. The number of aromatic nitrogens is 2. The third kappa shape index (κ3) is 3.63. The molecule has 1 aliphatic heterocycles. The Kier molecular flexibility index (Phi) is 5.37. The average Bonchev–Trinajstić information content (AvgIpc) is 3.44. The molecule has 2 aromatic heterocycles. The van der Waals surface area contributed by atoms with E-state index in [-0.39, 0.29) is 12.1 Å². The molecule has 1 saturated heterocycles. The Balaban J connectivity index is 1.63. The lowest BCUT2D eigenvalue weighted by atomic mass is 10.0. The maximum Gasteiger partial charge on any atom is 0.174 e. The standard InChI is InChI=1S/C26H25N5S/c1-29(2)19-13-15-20(16-14-19)30-18-8-12-23(30)25-24(22-11-6-7-17-27-22)28-26(32)31(25)21-9-4-3-5-10-21/h3-18,24-25H,1-2H3,(H,28,32)/t24-,25-/m1/s1. The van der Waals surface area contributed by atoms with Crippen LogP contribution >= 0.6 is 12.2 Å². The first kappa shape index (κ1) is 20.3. The van der Waals surface area contributed by atoms with Gasteiger partial charge in [-0.05, 0) is 72.9 Å². The monoisotopic (exact) mass is 439 g/mol. The summed E-state index contributed by atoms with van der Waals surface area (Å²) in [6.45, 7) is 0. The van der Waals surface area contributed by atoms with Crippen LogP contribution in [0.5, 0.6) is 0 Å². The van der Waals surface area contributed by atoms with Crippen molar-refractivity contribution in [2.75, 3.05) is 23.9 Å². The van der Waals surface area contributed by atoms with Crippen molar-refractivity contribution in [1.82, 2.24) is 14.9 Å². The molecule has 0 amide bonds. The van der Waals surface area contributed by atoms with E-state index in [0.717, 1.165) is 22.8 Å². The van der Waals surface area contributed by atoms with Gasteiger partial charge in [0.2, 0.25) is 0 Å². The van der Waals surface area contributed by atoms with E-state index in [9.17, 15) is 0 Å². The Hall–Kier alpha value is -3.64. The summed E-state index contributed by atoms with van der Waals surface area (Å²) in [5.41, 5.74) is 5.46. The van der Waals surface area contributed by atoms with E-state index in [1.807, 2.05) is 36.5 Å². The van der Waals surface area contributed by atoms with Crippen LogP contribution in [0.2, 0.25) is 0 Å². The van der Waals surface area contributed by atoms with Gasteiger partial charge in [0, 0.05) is 49.2 Å². The molecule has 6 heteroatoms. The predicted octanol–water partition coefficient (Wildman–Crippen LogP) is 5.12. The molecule has 5 nitrogen and oxygen atoms in total. The molecule has 1 N–H and O–H groups in total. The van der Waals surface area contributed by atoms with Crippen molar-refractivity contribution in [3.63, 3.8) is 0 Å². The molecule has 1 aliphatic rings. The molecule has 0 aliphatic carbocycles. The lowest BCUT2D eigenvalue weighted by Gasteiger charge is -2.29. The highest BCUT2D eigenvalue weighted by Crippen LogP contribution is 2.42. The lowest BCUT2D eigenvalue weighted by molar-refractivity contribution is 0.549. The van der Waals surface area contributed by atoms with Crippen LogP contribution in [0.1, 0.15) is 23.5 Å². The summed E-state index contributed by atoms with van der Waals surface area (Å²) in [5, 5.41) is 4.24. The zero-order valence-electron chi connectivity index (χ0n) is 18.1. The summed E-state index contributed by atoms with van der Waals surface area (Å²) in [6.07, 6.45) is 3.95. The number of pyridine rings is 1.